The van der Waals surface area contributed by atoms with Crippen molar-refractivity contribution in [3.63, 3.8) is 0 Å². The second kappa shape index (κ2) is 5.54. The molecule has 0 spiro atoms. The van der Waals surface area contributed by atoms with Gasteiger partial charge in [0.2, 0.25) is 0 Å². The Bertz CT molecular complexity index is 406. The van der Waals surface area contributed by atoms with Crippen LogP contribution in [0.1, 0.15) is 12.6 Å². The van der Waals surface area contributed by atoms with E-state index in [0.29, 0.717) is 13.1 Å². The van der Waals surface area contributed by atoms with Crippen molar-refractivity contribution < 1.29 is 9.90 Å². The summed E-state index contributed by atoms with van der Waals surface area (Å²) in [6.45, 7) is 5.58. The van der Waals surface area contributed by atoms with Crippen LogP contribution in [0.15, 0.2) is 18.3 Å². The average Bonchev–Trinajstić information content (AvgIpc) is 2.75. The Hall–Kier alpha value is -1.33. The molecule has 1 atom stereocenters. The number of carbonyl (C=O) groups excluding carboxylic acids is 1. The van der Waals surface area contributed by atoms with Gasteiger partial charge in [0.25, 0.3) is 5.91 Å². The Morgan fingerprint density at radius 3 is 2.56 bits per heavy atom. The molecule has 2 heterocycles. The molecule has 0 bridgehead atoms. The molecule has 0 radical (unpaired) electrons. The zero-order valence-corrected chi connectivity index (χ0v) is 11.0. The summed E-state index contributed by atoms with van der Waals surface area (Å²) in [7, 11) is 2.04. The third-order valence-electron chi connectivity index (χ3n) is 3.48. The minimum absolute atomic E-state index is 0.159. The van der Waals surface area contributed by atoms with E-state index in [2.05, 4.69) is 15.5 Å². The monoisotopic (exact) mass is 251 g/mol. The summed E-state index contributed by atoms with van der Waals surface area (Å²) in [5.41, 5.74) is 1.28. The number of nitrogens with zero attached hydrogens (tertiary/aromatic N) is 3. The first-order chi connectivity index (χ1) is 8.58. The van der Waals surface area contributed by atoms with Gasteiger partial charge in [-0.15, -0.1) is 0 Å². The predicted octanol–water partition coefficient (Wildman–Crippen LogP) is 0.0501. The quantitative estimate of drug-likeness (QED) is 0.826. The number of hydrogen-bond donors (Lipinski definition) is 1. The molecule has 5 heteroatoms. The van der Waals surface area contributed by atoms with Crippen LogP contribution in [0.5, 0.6) is 0 Å². The summed E-state index contributed by atoms with van der Waals surface area (Å²) in [5, 5.41) is 9.27. The Kier molecular flexibility index (Phi) is 4.04. The van der Waals surface area contributed by atoms with Crippen LogP contribution in [0.3, 0.4) is 0 Å². The van der Waals surface area contributed by atoms with Crippen LogP contribution >= 0.6 is 0 Å². The van der Waals surface area contributed by atoms with Gasteiger partial charge in [-0.25, -0.2) is 0 Å². The van der Waals surface area contributed by atoms with Gasteiger partial charge in [-0.2, -0.15) is 0 Å². The molecule has 1 fully saturated rings. The highest BCUT2D eigenvalue weighted by Gasteiger charge is 2.23. The summed E-state index contributed by atoms with van der Waals surface area (Å²) in [6.07, 6.45) is 1.16. The van der Waals surface area contributed by atoms with Crippen molar-refractivity contribution in [3.8, 4) is 0 Å². The maximum atomic E-state index is 11.6. The number of aromatic nitrogens is 1. The van der Waals surface area contributed by atoms with E-state index in [1.807, 2.05) is 19.3 Å². The van der Waals surface area contributed by atoms with E-state index in [1.165, 1.54) is 12.6 Å². The lowest BCUT2D eigenvalue weighted by Gasteiger charge is -2.35. The second-order valence-electron chi connectivity index (χ2n) is 4.89. The Morgan fingerprint density at radius 1 is 1.39 bits per heavy atom. The molecule has 0 saturated carbocycles. The van der Waals surface area contributed by atoms with E-state index >= 15 is 0 Å². The zero-order chi connectivity index (χ0) is 13.1. The van der Waals surface area contributed by atoms with E-state index in [0.717, 1.165) is 19.6 Å². The molecule has 1 aliphatic rings. The molecule has 100 valence electrons. The maximum absolute atomic E-state index is 11.6. The summed E-state index contributed by atoms with van der Waals surface area (Å²) in [5.74, 6) is -0.159. The van der Waals surface area contributed by atoms with Crippen molar-refractivity contribution >= 4 is 5.91 Å². The second-order valence-corrected chi connectivity index (χ2v) is 4.89. The number of piperazine rings is 1. The van der Waals surface area contributed by atoms with Crippen molar-refractivity contribution in [2.45, 2.75) is 19.6 Å². The number of hydrogen-bond acceptors (Lipinski definition) is 3. The molecule has 5 nitrogen and oxygen atoms in total. The molecule has 1 aliphatic heterocycles. The molecular weight excluding hydrogens is 230 g/mol. The highest BCUT2D eigenvalue weighted by molar-refractivity contribution is 5.80. The number of carbonyl (C=O) groups is 1. The van der Waals surface area contributed by atoms with Gasteiger partial charge in [-0.1, -0.05) is 0 Å². The molecule has 1 N–H and O–H groups in total. The van der Waals surface area contributed by atoms with Crippen LogP contribution in [0, 0.1) is 0 Å². The first-order valence-corrected chi connectivity index (χ1v) is 6.37. The molecule has 1 aromatic heterocycles. The first kappa shape index (κ1) is 13.1. The Labute approximate surface area is 108 Å². The van der Waals surface area contributed by atoms with Gasteiger partial charge in [0, 0.05) is 51.7 Å². The number of aryl methyl sites for hydroxylation is 1. The maximum Gasteiger partial charge on any atom is 0.251 e. The molecular formula is C13H21N3O2. The normalized spacial score (nSPS) is 18.9. The standard InChI is InChI=1S/C13H21N3O2/c1-11(17)13(18)16-8-6-15(7-9-16)10-12-4-3-5-14(12)2/h3-5,11,17H,6-10H2,1-2H3. The van der Waals surface area contributed by atoms with E-state index < -0.39 is 6.10 Å². The average molecular weight is 251 g/mol. The van der Waals surface area contributed by atoms with E-state index in [9.17, 15) is 9.90 Å². The van der Waals surface area contributed by atoms with Crippen molar-refractivity contribution in [2.24, 2.45) is 7.05 Å². The Morgan fingerprint density at radius 2 is 2.06 bits per heavy atom. The molecule has 1 aromatic rings. The molecule has 1 amide bonds. The summed E-state index contributed by atoms with van der Waals surface area (Å²) >= 11 is 0. The van der Waals surface area contributed by atoms with Gasteiger partial charge >= 0.3 is 0 Å². The zero-order valence-electron chi connectivity index (χ0n) is 11.0. The third kappa shape index (κ3) is 2.91. The lowest BCUT2D eigenvalue weighted by Crippen LogP contribution is -2.50. The van der Waals surface area contributed by atoms with Crippen molar-refractivity contribution in [2.75, 3.05) is 26.2 Å². The Balaban J connectivity index is 1.84. The highest BCUT2D eigenvalue weighted by Crippen LogP contribution is 2.09. The smallest absolute Gasteiger partial charge is 0.251 e. The largest absolute Gasteiger partial charge is 0.384 e. The minimum Gasteiger partial charge on any atom is -0.384 e. The van der Waals surface area contributed by atoms with Gasteiger partial charge in [-0.05, 0) is 19.1 Å². The fraction of sp³-hybridized carbons (Fsp3) is 0.615. The van der Waals surface area contributed by atoms with Crippen LogP contribution in [-0.4, -0.2) is 57.7 Å². The topological polar surface area (TPSA) is 48.7 Å². The summed E-state index contributed by atoms with van der Waals surface area (Å²) < 4.78 is 2.12. The van der Waals surface area contributed by atoms with Crippen LogP contribution in [0.4, 0.5) is 0 Å². The van der Waals surface area contributed by atoms with Crippen LogP contribution < -0.4 is 0 Å². The predicted molar refractivity (Wildman–Crippen MR) is 69.0 cm³/mol. The summed E-state index contributed by atoms with van der Waals surface area (Å²) in [4.78, 5) is 15.7. The van der Waals surface area contributed by atoms with E-state index in [4.69, 9.17) is 0 Å². The van der Waals surface area contributed by atoms with E-state index in [-0.39, 0.29) is 5.91 Å². The van der Waals surface area contributed by atoms with Crippen LogP contribution in [-0.2, 0) is 18.4 Å². The minimum atomic E-state index is -0.885. The van der Waals surface area contributed by atoms with Crippen molar-refractivity contribution in [1.82, 2.24) is 14.4 Å². The molecule has 0 aliphatic carbocycles. The molecule has 0 aromatic carbocycles. The molecule has 18 heavy (non-hydrogen) atoms. The first-order valence-electron chi connectivity index (χ1n) is 6.37. The number of aliphatic hydroxyl groups is 1. The summed E-state index contributed by atoms with van der Waals surface area (Å²) in [6, 6.07) is 4.16. The van der Waals surface area contributed by atoms with E-state index in [1.54, 1.807) is 4.90 Å². The lowest BCUT2D eigenvalue weighted by atomic mass is 10.2. The fourth-order valence-electron chi connectivity index (χ4n) is 2.28. The van der Waals surface area contributed by atoms with Gasteiger partial charge in [-0.3, -0.25) is 9.69 Å². The van der Waals surface area contributed by atoms with Gasteiger partial charge in [0.15, 0.2) is 0 Å². The number of aliphatic hydroxyl groups excluding tert-OH is 1. The SMILES string of the molecule is CC(O)C(=O)N1CCN(Cc2cccn2C)CC1. The van der Waals surface area contributed by atoms with Gasteiger partial charge < -0.3 is 14.6 Å². The van der Waals surface area contributed by atoms with Crippen molar-refractivity contribution in [1.29, 1.82) is 0 Å². The highest BCUT2D eigenvalue weighted by atomic mass is 16.3. The third-order valence-corrected chi connectivity index (χ3v) is 3.48. The number of amides is 1. The van der Waals surface area contributed by atoms with Gasteiger partial charge in [0.1, 0.15) is 6.10 Å². The fourth-order valence-corrected chi connectivity index (χ4v) is 2.28. The van der Waals surface area contributed by atoms with Crippen LogP contribution in [0.2, 0.25) is 0 Å². The van der Waals surface area contributed by atoms with Gasteiger partial charge in [0.05, 0.1) is 0 Å². The molecule has 1 unspecified atom stereocenters. The molecule has 1 saturated heterocycles. The van der Waals surface area contributed by atoms with Crippen LogP contribution in [0.25, 0.3) is 0 Å². The molecule has 2 rings (SSSR count). The lowest BCUT2D eigenvalue weighted by molar-refractivity contribution is -0.141. The van der Waals surface area contributed by atoms with Crippen molar-refractivity contribution in [3.05, 3.63) is 24.0 Å². The number of rotatable bonds is 3.